The standard InChI is InChI=1S/C14H26N2O3/c1-13(2,3)8-10(7-11(17)18)16-12(19)14(4)5-6-15-9-14/h10,15H,5-9H2,1-4H3,(H,16,19)(H,17,18). The van der Waals surface area contributed by atoms with Crippen LogP contribution in [-0.2, 0) is 9.59 Å². The second-order valence-corrected chi connectivity index (χ2v) is 7.02. The molecule has 0 aromatic carbocycles. The summed E-state index contributed by atoms with van der Waals surface area (Å²) in [6.45, 7) is 9.57. The van der Waals surface area contributed by atoms with Gasteiger partial charge in [0.2, 0.25) is 5.91 Å². The van der Waals surface area contributed by atoms with E-state index in [1.54, 1.807) is 0 Å². The summed E-state index contributed by atoms with van der Waals surface area (Å²) in [7, 11) is 0. The third kappa shape index (κ3) is 5.19. The molecule has 19 heavy (non-hydrogen) atoms. The molecule has 5 heteroatoms. The van der Waals surface area contributed by atoms with Crippen LogP contribution in [0.15, 0.2) is 0 Å². The van der Waals surface area contributed by atoms with Crippen molar-refractivity contribution in [2.24, 2.45) is 10.8 Å². The van der Waals surface area contributed by atoms with Crippen LogP contribution < -0.4 is 10.6 Å². The maximum Gasteiger partial charge on any atom is 0.305 e. The van der Waals surface area contributed by atoms with Gasteiger partial charge in [0.15, 0.2) is 0 Å². The van der Waals surface area contributed by atoms with Crippen LogP contribution in [0.3, 0.4) is 0 Å². The first-order valence-electron chi connectivity index (χ1n) is 6.86. The van der Waals surface area contributed by atoms with E-state index in [9.17, 15) is 9.59 Å². The second-order valence-electron chi connectivity index (χ2n) is 7.02. The minimum absolute atomic E-state index is 0.0117. The number of carbonyl (C=O) groups excluding carboxylic acids is 1. The molecule has 2 atom stereocenters. The van der Waals surface area contributed by atoms with Gasteiger partial charge in [-0.2, -0.15) is 0 Å². The molecule has 5 nitrogen and oxygen atoms in total. The number of hydrogen-bond donors (Lipinski definition) is 3. The Morgan fingerprint density at radius 2 is 2.05 bits per heavy atom. The van der Waals surface area contributed by atoms with E-state index in [2.05, 4.69) is 10.6 Å². The zero-order chi connectivity index (χ0) is 14.7. The monoisotopic (exact) mass is 270 g/mol. The normalized spacial score (nSPS) is 25.1. The van der Waals surface area contributed by atoms with E-state index >= 15 is 0 Å². The molecule has 3 N–H and O–H groups in total. The maximum absolute atomic E-state index is 12.3. The Morgan fingerprint density at radius 3 is 2.47 bits per heavy atom. The Labute approximate surface area is 115 Å². The van der Waals surface area contributed by atoms with Gasteiger partial charge < -0.3 is 15.7 Å². The Kier molecular flexibility index (Phi) is 4.96. The summed E-state index contributed by atoms with van der Waals surface area (Å²) in [6, 6.07) is -0.303. The first-order valence-corrected chi connectivity index (χ1v) is 6.86. The van der Waals surface area contributed by atoms with Gasteiger partial charge in [0, 0.05) is 12.6 Å². The number of carboxylic acids is 1. The average Bonchev–Trinajstić information content (AvgIpc) is 2.62. The van der Waals surface area contributed by atoms with Gasteiger partial charge in [-0.1, -0.05) is 20.8 Å². The molecule has 1 aliphatic heterocycles. The molecule has 110 valence electrons. The van der Waals surface area contributed by atoms with E-state index in [1.165, 1.54) is 0 Å². The molecule has 1 saturated heterocycles. The molecular weight excluding hydrogens is 244 g/mol. The van der Waals surface area contributed by atoms with Crippen LogP contribution in [0.4, 0.5) is 0 Å². The summed E-state index contributed by atoms with van der Waals surface area (Å²) in [5.74, 6) is -0.905. The number of carboxylic acid groups (broad SMARTS) is 1. The topological polar surface area (TPSA) is 78.4 Å². The Balaban J connectivity index is 2.65. The van der Waals surface area contributed by atoms with Crippen molar-refractivity contribution in [1.29, 1.82) is 0 Å². The van der Waals surface area contributed by atoms with Gasteiger partial charge in [0.05, 0.1) is 11.8 Å². The van der Waals surface area contributed by atoms with Crippen LogP contribution in [0.1, 0.15) is 47.0 Å². The van der Waals surface area contributed by atoms with E-state index in [-0.39, 0.29) is 23.8 Å². The fourth-order valence-electron chi connectivity index (χ4n) is 2.49. The Hall–Kier alpha value is -1.10. The van der Waals surface area contributed by atoms with Crippen molar-refractivity contribution < 1.29 is 14.7 Å². The SMILES string of the molecule is CC(C)(C)CC(CC(=O)O)NC(=O)C1(C)CCNC1. The highest BCUT2D eigenvalue weighted by atomic mass is 16.4. The number of amides is 1. The largest absolute Gasteiger partial charge is 0.481 e. The lowest BCUT2D eigenvalue weighted by atomic mass is 9.85. The highest BCUT2D eigenvalue weighted by Crippen LogP contribution is 2.27. The van der Waals surface area contributed by atoms with Crippen LogP contribution >= 0.6 is 0 Å². The average molecular weight is 270 g/mol. The van der Waals surface area contributed by atoms with Crippen molar-refractivity contribution in [3.63, 3.8) is 0 Å². The molecule has 0 aliphatic carbocycles. The summed E-state index contributed by atoms with van der Waals surface area (Å²) in [5.41, 5.74) is -0.420. The summed E-state index contributed by atoms with van der Waals surface area (Å²) in [6.07, 6.45) is 1.44. The van der Waals surface area contributed by atoms with Gasteiger partial charge in [-0.25, -0.2) is 0 Å². The molecule has 0 spiro atoms. The quantitative estimate of drug-likeness (QED) is 0.705. The van der Waals surface area contributed by atoms with Gasteiger partial charge in [0.25, 0.3) is 0 Å². The first kappa shape index (κ1) is 16.0. The minimum Gasteiger partial charge on any atom is -0.481 e. The third-order valence-electron chi connectivity index (χ3n) is 3.53. The van der Waals surface area contributed by atoms with Crippen LogP contribution in [0.5, 0.6) is 0 Å². The summed E-state index contributed by atoms with van der Waals surface area (Å²) in [4.78, 5) is 23.2. The Morgan fingerprint density at radius 1 is 1.42 bits per heavy atom. The molecule has 0 radical (unpaired) electrons. The number of rotatable bonds is 5. The summed E-state index contributed by atoms with van der Waals surface area (Å²) in [5, 5.41) is 15.1. The molecule has 0 bridgehead atoms. The lowest BCUT2D eigenvalue weighted by molar-refractivity contribution is -0.138. The molecule has 0 aromatic rings. The highest BCUT2D eigenvalue weighted by molar-refractivity contribution is 5.83. The zero-order valence-electron chi connectivity index (χ0n) is 12.4. The van der Waals surface area contributed by atoms with Crippen molar-refractivity contribution in [2.75, 3.05) is 13.1 Å². The molecule has 2 unspecified atom stereocenters. The molecule has 0 saturated carbocycles. The van der Waals surface area contributed by atoms with E-state index in [1.807, 2.05) is 27.7 Å². The first-order chi connectivity index (χ1) is 8.62. The van der Waals surface area contributed by atoms with Crippen LogP contribution in [0.25, 0.3) is 0 Å². The van der Waals surface area contributed by atoms with Crippen molar-refractivity contribution in [3.05, 3.63) is 0 Å². The Bertz CT molecular complexity index is 341. The van der Waals surface area contributed by atoms with Gasteiger partial charge >= 0.3 is 5.97 Å². The maximum atomic E-state index is 12.3. The molecular formula is C14H26N2O3. The fraction of sp³-hybridized carbons (Fsp3) is 0.857. The fourth-order valence-corrected chi connectivity index (χ4v) is 2.49. The number of aliphatic carboxylic acids is 1. The number of carbonyl (C=O) groups is 2. The molecule has 0 aromatic heterocycles. The molecule has 1 amide bonds. The van der Waals surface area contributed by atoms with Gasteiger partial charge in [-0.3, -0.25) is 9.59 Å². The molecule has 1 aliphatic rings. The van der Waals surface area contributed by atoms with Crippen LogP contribution in [-0.4, -0.2) is 36.1 Å². The van der Waals surface area contributed by atoms with E-state index < -0.39 is 11.4 Å². The van der Waals surface area contributed by atoms with E-state index in [0.717, 1.165) is 13.0 Å². The van der Waals surface area contributed by atoms with Crippen molar-refractivity contribution >= 4 is 11.9 Å². The van der Waals surface area contributed by atoms with Gasteiger partial charge in [0.1, 0.15) is 0 Å². The smallest absolute Gasteiger partial charge is 0.305 e. The van der Waals surface area contributed by atoms with E-state index in [0.29, 0.717) is 13.0 Å². The van der Waals surface area contributed by atoms with Crippen LogP contribution in [0.2, 0.25) is 0 Å². The van der Waals surface area contributed by atoms with Gasteiger partial charge in [-0.05, 0) is 31.7 Å². The third-order valence-corrected chi connectivity index (χ3v) is 3.53. The van der Waals surface area contributed by atoms with Crippen LogP contribution in [0, 0.1) is 10.8 Å². The molecule has 1 heterocycles. The lowest BCUT2D eigenvalue weighted by Crippen LogP contribution is -2.47. The predicted octanol–water partition coefficient (Wildman–Crippen LogP) is 1.38. The molecule has 1 rings (SSSR count). The van der Waals surface area contributed by atoms with Crippen molar-refractivity contribution in [1.82, 2.24) is 10.6 Å². The van der Waals surface area contributed by atoms with Crippen molar-refractivity contribution in [2.45, 2.75) is 53.0 Å². The second kappa shape index (κ2) is 5.90. The summed E-state index contributed by atoms with van der Waals surface area (Å²) >= 11 is 0. The van der Waals surface area contributed by atoms with E-state index in [4.69, 9.17) is 5.11 Å². The minimum atomic E-state index is -0.871. The number of nitrogens with one attached hydrogen (secondary N) is 2. The lowest BCUT2D eigenvalue weighted by Gasteiger charge is -2.29. The molecule has 1 fully saturated rings. The highest BCUT2D eigenvalue weighted by Gasteiger charge is 2.37. The predicted molar refractivity (Wildman–Crippen MR) is 73.8 cm³/mol. The zero-order valence-corrected chi connectivity index (χ0v) is 12.4. The number of hydrogen-bond acceptors (Lipinski definition) is 3. The summed E-state index contributed by atoms with van der Waals surface area (Å²) < 4.78 is 0. The van der Waals surface area contributed by atoms with Crippen molar-refractivity contribution in [3.8, 4) is 0 Å². The van der Waals surface area contributed by atoms with Gasteiger partial charge in [-0.15, -0.1) is 0 Å².